The molecule has 6 heteroatoms. The summed E-state index contributed by atoms with van der Waals surface area (Å²) in [5, 5.41) is 8.07. The molecule has 6 nitrogen and oxygen atoms in total. The van der Waals surface area contributed by atoms with Gasteiger partial charge in [-0.1, -0.05) is 12.1 Å². The molecular weight excluding hydrogens is 256 g/mol. The summed E-state index contributed by atoms with van der Waals surface area (Å²) in [6.45, 7) is 7.08. The molecule has 2 aromatic rings. The lowest BCUT2D eigenvalue weighted by atomic mass is 10.2. The highest BCUT2D eigenvalue weighted by atomic mass is 16.5. The summed E-state index contributed by atoms with van der Waals surface area (Å²) in [7, 11) is 1.75. The Bertz CT molecular complexity index is 600. The van der Waals surface area contributed by atoms with E-state index in [4.69, 9.17) is 4.52 Å². The van der Waals surface area contributed by atoms with E-state index in [2.05, 4.69) is 17.2 Å². The molecule has 0 saturated carbocycles. The van der Waals surface area contributed by atoms with Crippen LogP contribution in [0, 0.1) is 13.8 Å². The van der Waals surface area contributed by atoms with Gasteiger partial charge in [-0.25, -0.2) is 0 Å². The minimum atomic E-state index is -0.0566. The van der Waals surface area contributed by atoms with Crippen LogP contribution in [-0.2, 0) is 13.1 Å². The molecule has 0 N–H and O–H groups in total. The zero-order chi connectivity index (χ0) is 14.7. The molecule has 20 heavy (non-hydrogen) atoms. The average molecular weight is 276 g/mol. The standard InChI is InChI=1S/C14H20N4O2/c1-5-6-18-11(3)13(8-15-18)14(19)17(4)9-12-7-10(2)16-20-12/h7-8H,5-6,9H2,1-4H3. The molecule has 0 aromatic carbocycles. The normalized spacial score (nSPS) is 10.8. The van der Waals surface area contributed by atoms with Crippen molar-refractivity contribution in [3.8, 4) is 0 Å². The number of aryl methyl sites for hydroxylation is 2. The molecule has 0 aliphatic carbocycles. The summed E-state index contributed by atoms with van der Waals surface area (Å²) in [5.41, 5.74) is 2.35. The zero-order valence-electron chi connectivity index (χ0n) is 12.4. The van der Waals surface area contributed by atoms with Crippen molar-refractivity contribution in [1.29, 1.82) is 0 Å². The number of rotatable bonds is 5. The fraction of sp³-hybridized carbons (Fsp3) is 0.500. The van der Waals surface area contributed by atoms with Crippen LogP contribution >= 0.6 is 0 Å². The Hall–Kier alpha value is -2.11. The van der Waals surface area contributed by atoms with Gasteiger partial charge in [0, 0.05) is 25.4 Å². The van der Waals surface area contributed by atoms with Crippen LogP contribution in [0.2, 0.25) is 0 Å². The maximum atomic E-state index is 12.4. The highest BCUT2D eigenvalue weighted by molar-refractivity contribution is 5.94. The van der Waals surface area contributed by atoms with E-state index in [1.54, 1.807) is 18.1 Å². The third-order valence-electron chi connectivity index (χ3n) is 3.19. The summed E-state index contributed by atoms with van der Waals surface area (Å²) < 4.78 is 6.99. The van der Waals surface area contributed by atoms with Gasteiger partial charge in [0.2, 0.25) is 0 Å². The van der Waals surface area contributed by atoms with Crippen molar-refractivity contribution in [2.45, 2.75) is 40.3 Å². The quantitative estimate of drug-likeness (QED) is 0.839. The van der Waals surface area contributed by atoms with Gasteiger partial charge < -0.3 is 9.42 Å². The van der Waals surface area contributed by atoms with Crippen LogP contribution in [0.4, 0.5) is 0 Å². The average Bonchev–Trinajstić information content (AvgIpc) is 2.97. The number of hydrogen-bond donors (Lipinski definition) is 0. The molecule has 2 heterocycles. The third kappa shape index (κ3) is 2.89. The topological polar surface area (TPSA) is 64.2 Å². The molecule has 2 aromatic heterocycles. The van der Waals surface area contributed by atoms with Gasteiger partial charge >= 0.3 is 0 Å². The zero-order valence-corrected chi connectivity index (χ0v) is 12.4. The van der Waals surface area contributed by atoms with E-state index in [0.717, 1.165) is 24.4 Å². The van der Waals surface area contributed by atoms with Gasteiger partial charge in [-0.2, -0.15) is 5.10 Å². The highest BCUT2D eigenvalue weighted by Gasteiger charge is 2.19. The van der Waals surface area contributed by atoms with Gasteiger partial charge in [-0.05, 0) is 20.3 Å². The number of carbonyl (C=O) groups excluding carboxylic acids is 1. The second-order valence-corrected chi connectivity index (χ2v) is 4.96. The van der Waals surface area contributed by atoms with Crippen LogP contribution in [-0.4, -0.2) is 32.8 Å². The highest BCUT2D eigenvalue weighted by Crippen LogP contribution is 2.13. The molecular formula is C14H20N4O2. The van der Waals surface area contributed by atoms with Gasteiger partial charge in [0.1, 0.15) is 0 Å². The predicted molar refractivity (Wildman–Crippen MR) is 74.3 cm³/mol. The Morgan fingerprint density at radius 2 is 2.20 bits per heavy atom. The van der Waals surface area contributed by atoms with Gasteiger partial charge in [0.15, 0.2) is 5.76 Å². The number of aromatic nitrogens is 3. The van der Waals surface area contributed by atoms with Crippen molar-refractivity contribution in [2.24, 2.45) is 0 Å². The Balaban J connectivity index is 2.10. The largest absolute Gasteiger partial charge is 0.359 e. The molecule has 0 saturated heterocycles. The van der Waals surface area contributed by atoms with Crippen molar-refractivity contribution in [1.82, 2.24) is 19.8 Å². The van der Waals surface area contributed by atoms with E-state index in [1.807, 2.05) is 24.6 Å². The SMILES string of the molecule is CCCn1ncc(C(=O)N(C)Cc2cc(C)no2)c1C. The minimum Gasteiger partial charge on any atom is -0.359 e. The summed E-state index contributed by atoms with van der Waals surface area (Å²) in [5.74, 6) is 0.621. The van der Waals surface area contributed by atoms with Gasteiger partial charge in [-0.3, -0.25) is 9.48 Å². The molecule has 0 fully saturated rings. The van der Waals surface area contributed by atoms with Crippen LogP contribution in [0.3, 0.4) is 0 Å². The lowest BCUT2D eigenvalue weighted by Crippen LogP contribution is -2.26. The fourth-order valence-electron chi connectivity index (χ4n) is 2.10. The van der Waals surface area contributed by atoms with Crippen LogP contribution in [0.15, 0.2) is 16.8 Å². The minimum absolute atomic E-state index is 0.0566. The maximum absolute atomic E-state index is 12.4. The summed E-state index contributed by atoms with van der Waals surface area (Å²) in [6.07, 6.45) is 2.62. The van der Waals surface area contributed by atoms with Crippen molar-refractivity contribution < 1.29 is 9.32 Å². The molecule has 1 amide bonds. The Kier molecular flexibility index (Phi) is 4.22. The van der Waals surface area contributed by atoms with Gasteiger partial charge in [0.25, 0.3) is 5.91 Å². The summed E-state index contributed by atoms with van der Waals surface area (Å²) >= 11 is 0. The molecule has 0 unspecified atom stereocenters. The second kappa shape index (κ2) is 5.90. The Labute approximate surface area is 118 Å². The fourth-order valence-corrected chi connectivity index (χ4v) is 2.10. The number of amides is 1. The lowest BCUT2D eigenvalue weighted by molar-refractivity contribution is 0.0771. The molecule has 0 aliphatic rings. The predicted octanol–water partition coefficient (Wildman–Crippen LogP) is 2.17. The molecule has 0 radical (unpaired) electrons. The van der Waals surface area contributed by atoms with Crippen LogP contribution in [0.5, 0.6) is 0 Å². The monoisotopic (exact) mass is 276 g/mol. The van der Waals surface area contributed by atoms with Crippen molar-refractivity contribution >= 4 is 5.91 Å². The molecule has 108 valence electrons. The first-order valence-electron chi connectivity index (χ1n) is 6.73. The summed E-state index contributed by atoms with van der Waals surface area (Å²) in [6, 6.07) is 1.83. The van der Waals surface area contributed by atoms with Crippen LogP contribution < -0.4 is 0 Å². The molecule has 0 atom stereocenters. The first-order chi connectivity index (χ1) is 9.52. The van der Waals surface area contributed by atoms with Crippen molar-refractivity contribution in [2.75, 3.05) is 7.05 Å². The molecule has 0 aliphatic heterocycles. The smallest absolute Gasteiger partial charge is 0.257 e. The van der Waals surface area contributed by atoms with E-state index in [9.17, 15) is 4.79 Å². The van der Waals surface area contributed by atoms with Crippen LogP contribution in [0.1, 0.15) is 40.9 Å². The number of carbonyl (C=O) groups is 1. The summed E-state index contributed by atoms with van der Waals surface area (Å²) in [4.78, 5) is 14.0. The Morgan fingerprint density at radius 3 is 2.80 bits per heavy atom. The van der Waals surface area contributed by atoms with E-state index < -0.39 is 0 Å². The van der Waals surface area contributed by atoms with Crippen LogP contribution in [0.25, 0.3) is 0 Å². The number of nitrogens with zero attached hydrogens (tertiary/aromatic N) is 4. The first kappa shape index (κ1) is 14.3. The first-order valence-corrected chi connectivity index (χ1v) is 6.73. The number of hydrogen-bond acceptors (Lipinski definition) is 4. The van der Waals surface area contributed by atoms with Crippen molar-refractivity contribution in [3.05, 3.63) is 35.0 Å². The molecule has 0 spiro atoms. The lowest BCUT2D eigenvalue weighted by Gasteiger charge is -2.15. The van der Waals surface area contributed by atoms with Gasteiger partial charge in [0.05, 0.1) is 24.0 Å². The van der Waals surface area contributed by atoms with E-state index in [1.165, 1.54) is 0 Å². The molecule has 0 bridgehead atoms. The van der Waals surface area contributed by atoms with E-state index in [-0.39, 0.29) is 5.91 Å². The second-order valence-electron chi connectivity index (χ2n) is 4.96. The van der Waals surface area contributed by atoms with Gasteiger partial charge in [-0.15, -0.1) is 0 Å². The third-order valence-corrected chi connectivity index (χ3v) is 3.19. The van der Waals surface area contributed by atoms with E-state index in [0.29, 0.717) is 17.9 Å². The molecule has 2 rings (SSSR count). The van der Waals surface area contributed by atoms with E-state index >= 15 is 0 Å². The maximum Gasteiger partial charge on any atom is 0.257 e. The Morgan fingerprint density at radius 1 is 1.45 bits per heavy atom. The van der Waals surface area contributed by atoms with Crippen molar-refractivity contribution in [3.63, 3.8) is 0 Å².